The molecule has 2 aromatic heterocycles. The van der Waals surface area contributed by atoms with E-state index in [0.717, 1.165) is 6.42 Å². The van der Waals surface area contributed by atoms with Crippen molar-refractivity contribution in [3.63, 3.8) is 0 Å². The second-order valence-electron chi connectivity index (χ2n) is 8.20. The van der Waals surface area contributed by atoms with Crippen molar-refractivity contribution >= 4 is 10.9 Å². The van der Waals surface area contributed by atoms with Gasteiger partial charge in [-0.2, -0.15) is 0 Å². The minimum Gasteiger partial charge on any atom is -0.337 e. The zero-order chi connectivity index (χ0) is 22.6. The van der Waals surface area contributed by atoms with Crippen LogP contribution in [-0.2, 0) is 19.5 Å². The molecule has 33 heavy (non-hydrogen) atoms. The summed E-state index contributed by atoms with van der Waals surface area (Å²) in [6.07, 6.45) is 6.29. The molecule has 0 saturated heterocycles. The van der Waals surface area contributed by atoms with Crippen LogP contribution in [0.1, 0.15) is 5.56 Å². The van der Waals surface area contributed by atoms with Crippen LogP contribution in [0.4, 0.5) is 0 Å². The lowest BCUT2D eigenvalue weighted by atomic mass is 9.98. The Balaban J connectivity index is 1.64. The molecule has 0 saturated carbocycles. The molecule has 164 valence electrons. The number of aromatic nitrogens is 4. The third kappa shape index (κ3) is 4.28. The second-order valence-corrected chi connectivity index (χ2v) is 8.20. The molecule has 0 radical (unpaired) electrons. The zero-order valence-electron chi connectivity index (χ0n) is 18.1. The molecule has 0 fully saturated rings. The Morgan fingerprint density at radius 2 is 1.48 bits per heavy atom. The second kappa shape index (κ2) is 9.12. The van der Waals surface area contributed by atoms with Crippen LogP contribution in [0, 0.1) is 5.92 Å². The van der Waals surface area contributed by atoms with Crippen LogP contribution >= 0.6 is 0 Å². The Kier molecular flexibility index (Phi) is 5.72. The van der Waals surface area contributed by atoms with E-state index < -0.39 is 0 Å². The highest BCUT2D eigenvalue weighted by Crippen LogP contribution is 2.17. The maximum absolute atomic E-state index is 13.7. The molecule has 0 bridgehead atoms. The van der Waals surface area contributed by atoms with E-state index in [0.29, 0.717) is 29.7 Å². The lowest BCUT2D eigenvalue weighted by Gasteiger charge is -2.21. The van der Waals surface area contributed by atoms with E-state index in [2.05, 4.69) is 17.1 Å². The van der Waals surface area contributed by atoms with E-state index in [-0.39, 0.29) is 17.2 Å². The summed E-state index contributed by atoms with van der Waals surface area (Å²) < 4.78 is 5.06. The molecule has 1 atom stereocenters. The third-order valence-corrected chi connectivity index (χ3v) is 5.90. The molecule has 5 aromatic rings. The molecule has 2 heterocycles. The van der Waals surface area contributed by atoms with Gasteiger partial charge >= 0.3 is 5.69 Å². The van der Waals surface area contributed by atoms with Crippen LogP contribution in [0.15, 0.2) is 113 Å². The Morgan fingerprint density at radius 3 is 2.21 bits per heavy atom. The smallest absolute Gasteiger partial charge is 0.336 e. The summed E-state index contributed by atoms with van der Waals surface area (Å²) in [5.41, 5.74) is 1.81. The summed E-state index contributed by atoms with van der Waals surface area (Å²) in [6, 6.07) is 26.7. The van der Waals surface area contributed by atoms with Crippen molar-refractivity contribution in [1.82, 2.24) is 18.7 Å². The SMILES string of the molecule is O=c1c2ccccc2n(CC(Cc2ccccc2)Cn2ccnc2)c(=O)n1-c1ccccc1. The van der Waals surface area contributed by atoms with Gasteiger partial charge < -0.3 is 4.57 Å². The standard InChI is InChI=1S/C27H24N4O2/c32-26-24-13-7-8-14-25(24)30(27(33)31(26)23-11-5-2-6-12-23)19-22(18-29-16-15-28-20-29)17-21-9-3-1-4-10-21/h1-16,20,22H,17-19H2. The number of nitrogens with zero attached hydrogens (tertiary/aromatic N) is 4. The van der Waals surface area contributed by atoms with E-state index in [1.54, 1.807) is 35.3 Å². The highest BCUT2D eigenvalue weighted by molar-refractivity contribution is 5.78. The van der Waals surface area contributed by atoms with Gasteiger partial charge in [-0.15, -0.1) is 0 Å². The van der Waals surface area contributed by atoms with Crippen LogP contribution < -0.4 is 11.2 Å². The molecule has 0 aliphatic rings. The van der Waals surface area contributed by atoms with Gasteiger partial charge in [0.05, 0.1) is 22.9 Å². The first kappa shape index (κ1) is 20.7. The number of fused-ring (bicyclic) bond motifs is 1. The molecule has 1 unspecified atom stereocenters. The van der Waals surface area contributed by atoms with Crippen molar-refractivity contribution in [2.45, 2.75) is 19.5 Å². The molecule has 0 aliphatic heterocycles. The molecule has 6 nitrogen and oxygen atoms in total. The number of hydrogen-bond acceptors (Lipinski definition) is 3. The maximum atomic E-state index is 13.7. The molecule has 0 spiro atoms. The first-order valence-electron chi connectivity index (χ1n) is 11.0. The van der Waals surface area contributed by atoms with E-state index >= 15 is 0 Å². The summed E-state index contributed by atoms with van der Waals surface area (Å²) in [5, 5.41) is 0.530. The van der Waals surface area contributed by atoms with Crippen molar-refractivity contribution < 1.29 is 0 Å². The number of hydrogen-bond donors (Lipinski definition) is 0. The number of para-hydroxylation sites is 2. The van der Waals surface area contributed by atoms with Crippen molar-refractivity contribution in [3.8, 4) is 5.69 Å². The predicted octanol–water partition coefficient (Wildman–Crippen LogP) is 3.91. The van der Waals surface area contributed by atoms with Gasteiger partial charge in [0.2, 0.25) is 0 Å². The summed E-state index contributed by atoms with van der Waals surface area (Å²) in [7, 11) is 0. The maximum Gasteiger partial charge on any atom is 0.336 e. The van der Waals surface area contributed by atoms with Gasteiger partial charge in [-0.1, -0.05) is 60.7 Å². The molecule has 6 heteroatoms. The molecular formula is C27H24N4O2. The minimum absolute atomic E-state index is 0.115. The fourth-order valence-corrected chi connectivity index (χ4v) is 4.39. The highest BCUT2D eigenvalue weighted by atomic mass is 16.2. The first-order valence-corrected chi connectivity index (χ1v) is 11.0. The van der Waals surface area contributed by atoms with Crippen LogP contribution in [0.25, 0.3) is 16.6 Å². The Hall–Kier alpha value is -4.19. The van der Waals surface area contributed by atoms with E-state index in [1.807, 2.05) is 65.4 Å². The van der Waals surface area contributed by atoms with Crippen LogP contribution in [0.5, 0.6) is 0 Å². The largest absolute Gasteiger partial charge is 0.337 e. The van der Waals surface area contributed by atoms with Gasteiger partial charge in [0.1, 0.15) is 0 Å². The van der Waals surface area contributed by atoms with Gasteiger partial charge in [-0.05, 0) is 42.2 Å². The van der Waals surface area contributed by atoms with Crippen molar-refractivity contribution in [1.29, 1.82) is 0 Å². The van der Waals surface area contributed by atoms with Crippen molar-refractivity contribution in [2.75, 3.05) is 0 Å². The summed E-state index contributed by atoms with van der Waals surface area (Å²) in [4.78, 5) is 31.1. The lowest BCUT2D eigenvalue weighted by Crippen LogP contribution is -2.40. The van der Waals surface area contributed by atoms with Gasteiger partial charge in [0.15, 0.2) is 0 Å². The van der Waals surface area contributed by atoms with E-state index in [9.17, 15) is 9.59 Å². The topological polar surface area (TPSA) is 61.8 Å². The van der Waals surface area contributed by atoms with Crippen LogP contribution in [0.2, 0.25) is 0 Å². The van der Waals surface area contributed by atoms with Crippen LogP contribution in [0.3, 0.4) is 0 Å². The van der Waals surface area contributed by atoms with Gasteiger partial charge in [0.25, 0.3) is 5.56 Å². The normalized spacial score (nSPS) is 12.1. The van der Waals surface area contributed by atoms with Crippen molar-refractivity contribution in [2.24, 2.45) is 5.92 Å². The third-order valence-electron chi connectivity index (χ3n) is 5.90. The molecule has 5 rings (SSSR count). The molecule has 3 aromatic carbocycles. The predicted molar refractivity (Wildman–Crippen MR) is 130 cm³/mol. The molecule has 0 N–H and O–H groups in total. The van der Waals surface area contributed by atoms with E-state index in [1.165, 1.54) is 10.1 Å². The fraction of sp³-hybridized carbons (Fsp3) is 0.148. The summed E-state index contributed by atoms with van der Waals surface area (Å²) in [6.45, 7) is 1.18. The molecule has 0 aliphatic carbocycles. The molecule has 0 amide bonds. The Labute approximate surface area is 191 Å². The van der Waals surface area contributed by atoms with Gasteiger partial charge in [-0.3, -0.25) is 9.36 Å². The Morgan fingerprint density at radius 1 is 0.788 bits per heavy atom. The quantitative estimate of drug-likeness (QED) is 0.389. The van der Waals surface area contributed by atoms with Crippen LogP contribution in [-0.4, -0.2) is 18.7 Å². The lowest BCUT2D eigenvalue weighted by molar-refractivity contribution is 0.378. The fourth-order valence-electron chi connectivity index (χ4n) is 4.39. The zero-order valence-corrected chi connectivity index (χ0v) is 18.1. The monoisotopic (exact) mass is 436 g/mol. The molecular weight excluding hydrogens is 412 g/mol. The first-order chi connectivity index (χ1) is 16.2. The van der Waals surface area contributed by atoms with Gasteiger partial charge in [-0.25, -0.2) is 14.3 Å². The summed E-state index contributed by atoms with van der Waals surface area (Å²) in [5.74, 6) is 0.115. The average molecular weight is 437 g/mol. The number of rotatable bonds is 7. The number of imidazole rings is 1. The van der Waals surface area contributed by atoms with E-state index in [4.69, 9.17) is 0 Å². The van der Waals surface area contributed by atoms with Gasteiger partial charge in [0, 0.05) is 25.5 Å². The average Bonchev–Trinajstić information content (AvgIpc) is 3.36. The minimum atomic E-state index is -0.325. The highest BCUT2D eigenvalue weighted by Gasteiger charge is 2.18. The number of benzene rings is 3. The Bertz CT molecular complexity index is 1470. The summed E-state index contributed by atoms with van der Waals surface area (Å²) >= 11 is 0. The van der Waals surface area contributed by atoms with Crippen molar-refractivity contribution in [3.05, 3.63) is 130 Å².